The molecule has 1 saturated heterocycles. The molecule has 1 fully saturated rings. The molecule has 0 saturated carbocycles. The van der Waals surface area contributed by atoms with Crippen LogP contribution in [0.4, 0.5) is 17.2 Å². The number of hydrogen-bond acceptors (Lipinski definition) is 6. The molecule has 2 heterocycles. The molecular formula is C12H18BrN5O2. The van der Waals surface area contributed by atoms with E-state index < -0.39 is 4.92 Å². The van der Waals surface area contributed by atoms with Gasteiger partial charge in [-0.2, -0.15) is 0 Å². The van der Waals surface area contributed by atoms with Crippen molar-refractivity contribution in [2.45, 2.75) is 25.8 Å². The molecule has 0 radical (unpaired) electrons. The Kier molecular flexibility index (Phi) is 4.77. The van der Waals surface area contributed by atoms with Gasteiger partial charge >= 0.3 is 5.69 Å². The molecule has 8 heteroatoms. The van der Waals surface area contributed by atoms with Crippen molar-refractivity contribution >= 4 is 33.1 Å². The monoisotopic (exact) mass is 343 g/mol. The summed E-state index contributed by atoms with van der Waals surface area (Å²) in [6.07, 6.45) is 3.41. The number of pyridine rings is 1. The van der Waals surface area contributed by atoms with Crippen molar-refractivity contribution in [2.24, 2.45) is 0 Å². The quantitative estimate of drug-likeness (QED) is 0.642. The zero-order chi connectivity index (χ0) is 14.7. The third-order valence-corrected chi connectivity index (χ3v) is 4.20. The molecule has 110 valence electrons. The van der Waals surface area contributed by atoms with E-state index in [1.165, 1.54) is 6.20 Å². The molecule has 1 aliphatic heterocycles. The molecule has 2 rings (SSSR count). The minimum absolute atomic E-state index is 0.0632. The van der Waals surface area contributed by atoms with E-state index in [0.717, 1.165) is 32.5 Å². The van der Waals surface area contributed by atoms with Crippen LogP contribution < -0.4 is 11.1 Å². The lowest BCUT2D eigenvalue weighted by Crippen LogP contribution is -2.39. The number of hydrogen-bond donors (Lipinski definition) is 2. The molecule has 0 aliphatic carbocycles. The van der Waals surface area contributed by atoms with Gasteiger partial charge in [-0.05, 0) is 35.3 Å². The summed E-state index contributed by atoms with van der Waals surface area (Å²) in [6, 6.07) is 0.217. The van der Waals surface area contributed by atoms with E-state index in [2.05, 4.69) is 38.1 Å². The van der Waals surface area contributed by atoms with Gasteiger partial charge in [0.1, 0.15) is 5.69 Å². The molecule has 3 N–H and O–H groups in total. The van der Waals surface area contributed by atoms with E-state index >= 15 is 0 Å². The van der Waals surface area contributed by atoms with Crippen LogP contribution in [-0.2, 0) is 0 Å². The average molecular weight is 344 g/mol. The summed E-state index contributed by atoms with van der Waals surface area (Å²) in [7, 11) is 0. The third kappa shape index (κ3) is 3.18. The summed E-state index contributed by atoms with van der Waals surface area (Å²) in [6.45, 7) is 5.18. The third-order valence-electron chi connectivity index (χ3n) is 3.60. The van der Waals surface area contributed by atoms with E-state index in [4.69, 9.17) is 5.73 Å². The lowest BCUT2D eigenvalue weighted by molar-refractivity contribution is -0.383. The molecule has 20 heavy (non-hydrogen) atoms. The Morgan fingerprint density at radius 1 is 1.60 bits per heavy atom. The number of aromatic nitrogens is 1. The first-order valence-corrected chi connectivity index (χ1v) is 7.39. The Morgan fingerprint density at radius 2 is 2.25 bits per heavy atom. The predicted molar refractivity (Wildman–Crippen MR) is 81.8 cm³/mol. The van der Waals surface area contributed by atoms with Gasteiger partial charge in [0, 0.05) is 25.3 Å². The van der Waals surface area contributed by atoms with Crippen LogP contribution in [0.1, 0.15) is 19.8 Å². The largest absolute Gasteiger partial charge is 0.378 e. The predicted octanol–water partition coefficient (Wildman–Crippen LogP) is 2.23. The molecule has 0 unspecified atom stereocenters. The Morgan fingerprint density at radius 3 is 2.80 bits per heavy atom. The van der Waals surface area contributed by atoms with E-state index in [1.54, 1.807) is 0 Å². The molecule has 1 aliphatic rings. The number of halogens is 1. The molecule has 1 aromatic rings. The second-order valence-corrected chi connectivity index (χ2v) is 5.68. The minimum Gasteiger partial charge on any atom is -0.378 e. The lowest BCUT2D eigenvalue weighted by Gasteiger charge is -2.32. The summed E-state index contributed by atoms with van der Waals surface area (Å²) in [5.74, 6) is -0.0632. The van der Waals surface area contributed by atoms with Crippen LogP contribution in [0.5, 0.6) is 0 Å². The number of nitrogens with two attached hydrogens (primary N) is 1. The highest BCUT2D eigenvalue weighted by Crippen LogP contribution is 2.36. The number of rotatable bonds is 4. The zero-order valence-electron chi connectivity index (χ0n) is 11.3. The van der Waals surface area contributed by atoms with Crippen LogP contribution in [0.2, 0.25) is 0 Å². The number of nitrogens with one attached hydrogen (secondary N) is 1. The molecule has 0 atom stereocenters. The molecule has 7 nitrogen and oxygen atoms in total. The van der Waals surface area contributed by atoms with Crippen LogP contribution in [-0.4, -0.2) is 40.5 Å². The molecular weight excluding hydrogens is 326 g/mol. The fourth-order valence-electron chi connectivity index (χ4n) is 2.41. The fourth-order valence-corrected chi connectivity index (χ4v) is 2.82. The number of piperidine rings is 1. The van der Waals surface area contributed by atoms with E-state index in [1.807, 2.05) is 0 Å². The molecule has 0 amide bonds. The maximum atomic E-state index is 11.2. The summed E-state index contributed by atoms with van der Waals surface area (Å²) >= 11 is 3.31. The Balaban J connectivity index is 2.17. The van der Waals surface area contributed by atoms with Crippen molar-refractivity contribution in [3.63, 3.8) is 0 Å². The Hall–Kier alpha value is -1.41. The Bertz CT molecular complexity index is 503. The van der Waals surface area contributed by atoms with Gasteiger partial charge in [-0.25, -0.2) is 4.98 Å². The van der Waals surface area contributed by atoms with Crippen LogP contribution in [0.25, 0.3) is 0 Å². The number of anilines is 2. The fraction of sp³-hybridized carbons (Fsp3) is 0.583. The first-order chi connectivity index (χ1) is 9.52. The summed E-state index contributed by atoms with van der Waals surface area (Å²) in [4.78, 5) is 16.8. The number of nitrogens with zero attached hydrogens (tertiary/aromatic N) is 3. The second-order valence-electron chi connectivity index (χ2n) is 4.82. The van der Waals surface area contributed by atoms with Crippen molar-refractivity contribution in [3.05, 3.63) is 20.8 Å². The number of likely N-dealkylation sites (tertiary alicyclic amines) is 1. The standard InChI is InChI=1S/C12H18BrN5O2/c1-2-17-5-3-8(4-6-17)16-10-9(13)7-15-12(14)11(10)18(19)20/h7-8H,2-6H2,1H3,(H3,14,15,16). The normalized spacial score (nSPS) is 17.1. The van der Waals surface area contributed by atoms with Gasteiger partial charge in [0.05, 0.1) is 9.40 Å². The van der Waals surface area contributed by atoms with Crippen molar-refractivity contribution in [1.82, 2.24) is 9.88 Å². The first-order valence-electron chi connectivity index (χ1n) is 6.60. The lowest BCUT2D eigenvalue weighted by atomic mass is 10.0. The van der Waals surface area contributed by atoms with Gasteiger partial charge in [0.2, 0.25) is 5.82 Å². The second kappa shape index (κ2) is 6.36. The van der Waals surface area contributed by atoms with Crippen LogP contribution >= 0.6 is 15.9 Å². The van der Waals surface area contributed by atoms with Crippen molar-refractivity contribution in [3.8, 4) is 0 Å². The van der Waals surface area contributed by atoms with E-state index in [9.17, 15) is 10.1 Å². The number of nitro groups is 1. The van der Waals surface area contributed by atoms with Gasteiger partial charge in [0.15, 0.2) is 0 Å². The summed E-state index contributed by atoms with van der Waals surface area (Å²) < 4.78 is 0.566. The molecule has 0 bridgehead atoms. The molecule has 0 spiro atoms. The highest BCUT2D eigenvalue weighted by Gasteiger charge is 2.26. The van der Waals surface area contributed by atoms with Gasteiger partial charge in [0.25, 0.3) is 0 Å². The topological polar surface area (TPSA) is 97.3 Å². The summed E-state index contributed by atoms with van der Waals surface area (Å²) in [5.41, 5.74) is 5.89. The zero-order valence-corrected chi connectivity index (χ0v) is 12.9. The van der Waals surface area contributed by atoms with Crippen molar-refractivity contribution < 1.29 is 4.92 Å². The SMILES string of the molecule is CCN1CCC(Nc2c(Br)cnc(N)c2[N+](=O)[O-])CC1. The van der Waals surface area contributed by atoms with Crippen LogP contribution in [0, 0.1) is 10.1 Å². The Labute approximate surface area is 125 Å². The van der Waals surface area contributed by atoms with E-state index in [-0.39, 0.29) is 17.5 Å². The van der Waals surface area contributed by atoms with Crippen LogP contribution in [0.3, 0.4) is 0 Å². The average Bonchev–Trinajstić information content (AvgIpc) is 2.43. The smallest absolute Gasteiger partial charge is 0.335 e. The van der Waals surface area contributed by atoms with Crippen LogP contribution in [0.15, 0.2) is 10.7 Å². The van der Waals surface area contributed by atoms with E-state index in [0.29, 0.717) is 10.2 Å². The minimum atomic E-state index is -0.489. The summed E-state index contributed by atoms with van der Waals surface area (Å²) in [5, 5.41) is 14.4. The maximum Gasteiger partial charge on any atom is 0.335 e. The van der Waals surface area contributed by atoms with Crippen molar-refractivity contribution in [1.29, 1.82) is 0 Å². The highest BCUT2D eigenvalue weighted by atomic mass is 79.9. The van der Waals surface area contributed by atoms with Gasteiger partial charge in [-0.1, -0.05) is 6.92 Å². The number of nitrogen functional groups attached to an aromatic ring is 1. The maximum absolute atomic E-state index is 11.2. The molecule has 1 aromatic heterocycles. The van der Waals surface area contributed by atoms with Crippen molar-refractivity contribution in [2.75, 3.05) is 30.7 Å². The first kappa shape index (κ1) is 15.0. The highest BCUT2D eigenvalue weighted by molar-refractivity contribution is 9.10. The van der Waals surface area contributed by atoms with Gasteiger partial charge < -0.3 is 16.0 Å². The van der Waals surface area contributed by atoms with Gasteiger partial charge in [-0.15, -0.1) is 0 Å². The van der Waals surface area contributed by atoms with Gasteiger partial charge in [-0.3, -0.25) is 10.1 Å². The molecule has 0 aromatic carbocycles.